The molecule has 0 aliphatic carbocycles. The molecule has 1 unspecified atom stereocenters. The van der Waals surface area contributed by atoms with Crippen molar-refractivity contribution < 1.29 is 19.9 Å². The van der Waals surface area contributed by atoms with Crippen LogP contribution >= 0.6 is 12.4 Å². The Balaban J connectivity index is 0. The first kappa shape index (κ1) is 19.1. The van der Waals surface area contributed by atoms with Crippen LogP contribution in [-0.2, 0) is 4.79 Å². The molecule has 0 saturated heterocycles. The van der Waals surface area contributed by atoms with Gasteiger partial charge in [0.15, 0.2) is 0 Å². The van der Waals surface area contributed by atoms with Crippen LogP contribution in [0.3, 0.4) is 0 Å². The van der Waals surface area contributed by atoms with Crippen LogP contribution in [0.4, 0.5) is 0 Å². The van der Waals surface area contributed by atoms with Gasteiger partial charge in [-0.2, -0.15) is 0 Å². The number of hydrogen-bond donors (Lipinski definition) is 4. The Labute approximate surface area is 109 Å². The van der Waals surface area contributed by atoms with E-state index in [2.05, 4.69) is 0 Å². The number of carboxylic acid groups (broad SMARTS) is 1. The van der Waals surface area contributed by atoms with Gasteiger partial charge in [-0.15, -0.1) is 12.4 Å². The minimum atomic E-state index is -1.32. The van der Waals surface area contributed by atoms with Gasteiger partial charge in [0.05, 0.1) is 0 Å². The lowest BCUT2D eigenvalue weighted by Crippen LogP contribution is -2.48. The lowest BCUT2D eigenvalue weighted by molar-refractivity contribution is -0.144. The van der Waals surface area contributed by atoms with Crippen LogP contribution in [0.15, 0.2) is 0 Å². The molecule has 0 radical (unpaired) electrons. The highest BCUT2D eigenvalue weighted by molar-refractivity contribution is 6.40. The molecule has 102 valence electrons. The average molecular weight is 268 g/mol. The molecule has 0 rings (SSSR count). The zero-order valence-corrected chi connectivity index (χ0v) is 11.2. The zero-order chi connectivity index (χ0) is 12.8. The van der Waals surface area contributed by atoms with E-state index >= 15 is 0 Å². The molecule has 0 saturated carbocycles. The van der Waals surface area contributed by atoms with Crippen LogP contribution in [0.25, 0.3) is 0 Å². The van der Waals surface area contributed by atoms with E-state index in [1.54, 1.807) is 0 Å². The predicted molar refractivity (Wildman–Crippen MR) is 70.1 cm³/mol. The largest absolute Gasteiger partial charge is 0.480 e. The van der Waals surface area contributed by atoms with Crippen molar-refractivity contribution in [2.24, 2.45) is 11.7 Å². The maximum Gasteiger partial charge on any atom is 0.451 e. The Morgan fingerprint density at radius 1 is 1.35 bits per heavy atom. The monoisotopic (exact) mass is 267 g/mol. The maximum absolute atomic E-state index is 11.1. The summed E-state index contributed by atoms with van der Waals surface area (Å²) in [5, 5.41) is 26.4. The first-order valence-corrected chi connectivity index (χ1v) is 5.66. The van der Waals surface area contributed by atoms with Gasteiger partial charge < -0.3 is 20.9 Å². The fraction of sp³-hybridized carbons (Fsp3) is 0.900. The molecule has 5 nitrogen and oxygen atoms in total. The second-order valence-corrected chi connectivity index (χ2v) is 4.79. The van der Waals surface area contributed by atoms with Crippen molar-refractivity contribution in [3.05, 3.63) is 0 Å². The summed E-state index contributed by atoms with van der Waals surface area (Å²) in [4.78, 5) is 11.1. The SMILES string of the molecule is CC(C)CC(N)(CCCCB(O)O)C(=O)O.Cl. The van der Waals surface area contributed by atoms with E-state index in [4.69, 9.17) is 20.9 Å². The van der Waals surface area contributed by atoms with Crippen molar-refractivity contribution in [2.75, 3.05) is 0 Å². The van der Waals surface area contributed by atoms with E-state index in [-0.39, 0.29) is 24.6 Å². The third-order valence-corrected chi connectivity index (χ3v) is 2.53. The normalized spacial score (nSPS) is 14.0. The van der Waals surface area contributed by atoms with Crippen molar-refractivity contribution in [1.82, 2.24) is 0 Å². The molecule has 0 spiro atoms. The maximum atomic E-state index is 11.1. The van der Waals surface area contributed by atoms with Gasteiger partial charge in [0, 0.05) is 0 Å². The summed E-state index contributed by atoms with van der Waals surface area (Å²) in [5.74, 6) is -0.754. The van der Waals surface area contributed by atoms with Crippen LogP contribution in [0.5, 0.6) is 0 Å². The zero-order valence-electron chi connectivity index (χ0n) is 10.4. The van der Waals surface area contributed by atoms with E-state index in [0.717, 1.165) is 0 Å². The molecule has 0 bridgehead atoms. The van der Waals surface area contributed by atoms with Crippen LogP contribution in [-0.4, -0.2) is 33.8 Å². The summed E-state index contributed by atoms with van der Waals surface area (Å²) < 4.78 is 0. The molecular weight excluding hydrogens is 244 g/mol. The molecule has 0 amide bonds. The molecule has 7 heteroatoms. The summed E-state index contributed by atoms with van der Waals surface area (Å²) in [6, 6.07) is 0. The summed E-state index contributed by atoms with van der Waals surface area (Å²) in [6.07, 6.45) is 2.23. The number of nitrogens with two attached hydrogens (primary N) is 1. The van der Waals surface area contributed by atoms with E-state index in [1.807, 2.05) is 13.8 Å². The van der Waals surface area contributed by atoms with Gasteiger partial charge in [-0.3, -0.25) is 4.79 Å². The van der Waals surface area contributed by atoms with E-state index in [9.17, 15) is 4.79 Å². The van der Waals surface area contributed by atoms with Crippen molar-refractivity contribution in [1.29, 1.82) is 0 Å². The van der Waals surface area contributed by atoms with E-state index < -0.39 is 18.6 Å². The molecule has 0 fully saturated rings. The quantitative estimate of drug-likeness (QED) is 0.386. The van der Waals surface area contributed by atoms with E-state index in [1.165, 1.54) is 0 Å². The number of carbonyl (C=O) groups is 1. The topological polar surface area (TPSA) is 104 Å². The second-order valence-electron chi connectivity index (χ2n) is 4.79. The van der Waals surface area contributed by atoms with Crippen molar-refractivity contribution in [2.45, 2.75) is 51.4 Å². The van der Waals surface area contributed by atoms with Gasteiger partial charge >= 0.3 is 13.1 Å². The third-order valence-electron chi connectivity index (χ3n) is 2.53. The number of unbranched alkanes of at least 4 members (excludes halogenated alkanes) is 1. The Morgan fingerprint density at radius 2 is 1.88 bits per heavy atom. The van der Waals surface area contributed by atoms with Crippen LogP contribution < -0.4 is 5.73 Å². The molecule has 1 atom stereocenters. The van der Waals surface area contributed by atoms with Gasteiger partial charge in [0.25, 0.3) is 0 Å². The highest BCUT2D eigenvalue weighted by atomic mass is 35.5. The Hall–Kier alpha value is -0.295. The smallest absolute Gasteiger partial charge is 0.451 e. The first-order valence-electron chi connectivity index (χ1n) is 5.66. The molecular formula is C10H23BClNO4. The Kier molecular flexibility index (Phi) is 9.80. The molecule has 0 aromatic carbocycles. The fourth-order valence-corrected chi connectivity index (χ4v) is 1.79. The fourth-order valence-electron chi connectivity index (χ4n) is 1.79. The number of hydrogen-bond acceptors (Lipinski definition) is 4. The Morgan fingerprint density at radius 3 is 2.24 bits per heavy atom. The standard InChI is InChI=1S/C10H22BNO4.ClH/c1-8(2)7-10(12,9(13)14)5-3-4-6-11(15)16;/h8,15-16H,3-7,12H2,1-2H3,(H,13,14);1H. The van der Waals surface area contributed by atoms with Crippen LogP contribution in [0.2, 0.25) is 6.32 Å². The highest BCUT2D eigenvalue weighted by Gasteiger charge is 2.33. The van der Waals surface area contributed by atoms with Gasteiger partial charge in [0.2, 0.25) is 0 Å². The van der Waals surface area contributed by atoms with Gasteiger partial charge in [-0.05, 0) is 25.1 Å². The summed E-state index contributed by atoms with van der Waals surface area (Å²) in [5.41, 5.74) is 4.65. The van der Waals surface area contributed by atoms with E-state index in [0.29, 0.717) is 25.7 Å². The van der Waals surface area contributed by atoms with Crippen molar-refractivity contribution >= 4 is 25.5 Å². The average Bonchev–Trinajstić information content (AvgIpc) is 2.10. The van der Waals surface area contributed by atoms with Crippen molar-refractivity contribution in [3.8, 4) is 0 Å². The number of aliphatic carboxylic acids is 1. The van der Waals surface area contributed by atoms with Gasteiger partial charge in [-0.1, -0.05) is 26.7 Å². The number of rotatable bonds is 8. The molecule has 0 heterocycles. The molecule has 0 aliphatic rings. The second kappa shape index (κ2) is 8.75. The molecule has 5 N–H and O–H groups in total. The molecule has 17 heavy (non-hydrogen) atoms. The van der Waals surface area contributed by atoms with Crippen LogP contribution in [0.1, 0.15) is 39.5 Å². The lowest BCUT2D eigenvalue weighted by atomic mass is 9.80. The van der Waals surface area contributed by atoms with Gasteiger partial charge in [-0.25, -0.2) is 0 Å². The van der Waals surface area contributed by atoms with Crippen molar-refractivity contribution in [3.63, 3.8) is 0 Å². The first-order chi connectivity index (χ1) is 7.28. The predicted octanol–water partition coefficient (Wildman–Crippen LogP) is 0.879. The minimum absolute atomic E-state index is 0. The molecule has 0 aromatic rings. The molecule has 0 aliphatic heterocycles. The summed E-state index contributed by atoms with van der Waals surface area (Å²) >= 11 is 0. The lowest BCUT2D eigenvalue weighted by Gasteiger charge is -2.26. The molecule has 0 aromatic heterocycles. The summed E-state index contributed by atoms with van der Waals surface area (Å²) in [6.45, 7) is 3.87. The highest BCUT2D eigenvalue weighted by Crippen LogP contribution is 2.21. The van der Waals surface area contributed by atoms with Crippen LogP contribution in [0, 0.1) is 5.92 Å². The summed E-state index contributed by atoms with van der Waals surface area (Å²) in [7, 11) is -1.32. The Bertz CT molecular complexity index is 228. The minimum Gasteiger partial charge on any atom is -0.480 e. The van der Waals surface area contributed by atoms with Gasteiger partial charge in [0.1, 0.15) is 5.54 Å². The number of carboxylic acids is 1. The third kappa shape index (κ3) is 8.43. The number of halogens is 1.